The maximum atomic E-state index is 6.85. The second-order valence-corrected chi connectivity index (χ2v) is 16.5. The molecule has 8 heteroatoms. The molecule has 2 aliphatic heterocycles. The molecule has 0 bridgehead atoms. The molecular weight excluding hydrogens is 737 g/mol. The van der Waals surface area contributed by atoms with Gasteiger partial charge in [-0.25, -0.2) is 11.7 Å². The molecule has 7 aromatic carbocycles. The van der Waals surface area contributed by atoms with Crippen LogP contribution in [0.25, 0.3) is 11.4 Å². The summed E-state index contributed by atoms with van der Waals surface area (Å²) < 4.78 is 0. The van der Waals surface area contributed by atoms with Crippen LogP contribution in [-0.2, 0) is 10.8 Å². The molecule has 0 atom stereocenters. The van der Waals surface area contributed by atoms with E-state index in [0.29, 0.717) is 11.4 Å². The third-order valence-electron chi connectivity index (χ3n) is 12.2. The number of para-hydroxylation sites is 8. The van der Waals surface area contributed by atoms with Gasteiger partial charge in [0.05, 0.1) is 56.9 Å². The van der Waals surface area contributed by atoms with E-state index in [4.69, 9.17) is 23.2 Å². The summed E-state index contributed by atoms with van der Waals surface area (Å²) in [7, 11) is 0. The van der Waals surface area contributed by atoms with Crippen LogP contribution in [0.4, 0.5) is 45.5 Å². The van der Waals surface area contributed by atoms with E-state index < -0.39 is 0 Å². The predicted octanol–water partition coefficient (Wildman–Crippen LogP) is 11.2. The highest BCUT2D eigenvalue weighted by atomic mass is 15.4. The lowest BCUT2D eigenvalue weighted by Crippen LogP contribution is -2.32. The Kier molecular flexibility index (Phi) is 9.47. The second-order valence-electron chi connectivity index (χ2n) is 16.5. The zero-order chi connectivity index (χ0) is 41.8. The van der Waals surface area contributed by atoms with E-state index in [-0.39, 0.29) is 10.8 Å². The van der Waals surface area contributed by atoms with E-state index in [9.17, 15) is 0 Å². The molecule has 298 valence electrons. The van der Waals surface area contributed by atoms with Crippen molar-refractivity contribution in [2.24, 2.45) is 23.2 Å². The van der Waals surface area contributed by atoms with Crippen LogP contribution in [0.2, 0.25) is 0 Å². The first kappa shape index (κ1) is 38.3. The minimum absolute atomic E-state index is 0.173. The van der Waals surface area contributed by atoms with Crippen molar-refractivity contribution in [1.82, 2.24) is 0 Å². The van der Waals surface area contributed by atoms with Crippen molar-refractivity contribution >= 4 is 56.9 Å². The minimum Gasteiger partial charge on any atom is -0.397 e. The van der Waals surface area contributed by atoms with Gasteiger partial charge in [0.2, 0.25) is 0 Å². The van der Waals surface area contributed by atoms with Gasteiger partial charge in [-0.15, -0.1) is 0 Å². The first-order valence-corrected chi connectivity index (χ1v) is 20.3. The Balaban J connectivity index is 0.988. The summed E-state index contributed by atoms with van der Waals surface area (Å²) >= 11 is 0. The fourth-order valence-electron chi connectivity index (χ4n) is 9.04. The van der Waals surface area contributed by atoms with E-state index in [2.05, 4.69) is 147 Å². The molecule has 0 aliphatic carbocycles. The summed E-state index contributed by atoms with van der Waals surface area (Å²) in [5.41, 5.74) is 28.7. The lowest BCUT2D eigenvalue weighted by molar-refractivity contribution is 0.631. The molecule has 0 amide bonds. The van der Waals surface area contributed by atoms with Gasteiger partial charge in [0, 0.05) is 23.2 Å². The molecule has 0 aromatic heterocycles. The molecule has 9 rings (SSSR count). The van der Waals surface area contributed by atoms with E-state index in [1.165, 1.54) is 22.3 Å². The normalized spacial score (nSPS) is 15.0. The molecule has 60 heavy (non-hydrogen) atoms. The van der Waals surface area contributed by atoms with Crippen molar-refractivity contribution in [3.8, 4) is 0 Å². The van der Waals surface area contributed by atoms with Gasteiger partial charge in [-0.3, -0.25) is 10.0 Å². The summed E-state index contributed by atoms with van der Waals surface area (Å²) in [6, 6.07) is 58.3. The molecule has 7 aromatic rings. The first-order valence-electron chi connectivity index (χ1n) is 20.3. The van der Waals surface area contributed by atoms with Gasteiger partial charge in [0.15, 0.2) is 0 Å². The average molecular weight is 787 g/mol. The van der Waals surface area contributed by atoms with Gasteiger partial charge < -0.3 is 21.3 Å². The zero-order valence-corrected chi connectivity index (χ0v) is 34.4. The lowest BCUT2D eigenvalue weighted by atomic mass is 9.73. The van der Waals surface area contributed by atoms with Crippen molar-refractivity contribution < 1.29 is 0 Å². The highest BCUT2D eigenvalue weighted by Gasteiger charge is 2.38. The number of hydrogen-bond donors (Lipinski definition) is 4. The molecule has 0 radical (unpaired) electrons. The van der Waals surface area contributed by atoms with Crippen LogP contribution in [0.1, 0.15) is 61.1 Å². The van der Waals surface area contributed by atoms with Crippen LogP contribution in [0.15, 0.2) is 182 Å². The monoisotopic (exact) mass is 786 g/mol. The Morgan fingerprint density at radius 1 is 0.383 bits per heavy atom. The Morgan fingerprint density at radius 2 is 0.633 bits per heavy atom. The highest BCUT2D eigenvalue weighted by molar-refractivity contribution is 5.93. The van der Waals surface area contributed by atoms with Crippen LogP contribution >= 0.6 is 0 Å². The number of rotatable bonds is 8. The van der Waals surface area contributed by atoms with Crippen LogP contribution in [0.3, 0.4) is 0 Å². The summed E-state index contributed by atoms with van der Waals surface area (Å²) in [6.07, 6.45) is 3.52. The topological polar surface area (TPSA) is 117 Å². The fraction of sp³-hybridized carbons (Fsp3) is 0.115. The maximum absolute atomic E-state index is 6.85. The van der Waals surface area contributed by atoms with Gasteiger partial charge in [-0.2, -0.15) is 0 Å². The lowest BCUT2D eigenvalue weighted by Gasteiger charge is -2.42. The summed E-state index contributed by atoms with van der Waals surface area (Å²) in [6.45, 7) is 9.12. The quantitative estimate of drug-likeness (QED) is 0.0889. The van der Waals surface area contributed by atoms with E-state index >= 15 is 0 Å². The molecule has 0 unspecified atom stereocenters. The summed E-state index contributed by atoms with van der Waals surface area (Å²) in [5.74, 6) is 13.7. The SMILES string of the molecule is CC1(C)c2ccccc2N(c2ccccc2N(N)/C=C(\N)c2ccc(/C(N)=C/N(N)c3ccccc3N3c4ccccc4C(C)(C)c4ccccc43)cc2)c2ccccc21. The van der Waals surface area contributed by atoms with Gasteiger partial charge in [0.25, 0.3) is 0 Å². The van der Waals surface area contributed by atoms with Crippen molar-refractivity contribution in [3.63, 3.8) is 0 Å². The van der Waals surface area contributed by atoms with Gasteiger partial charge in [-0.1, -0.05) is 149 Å². The number of nitrogens with zero attached hydrogens (tertiary/aromatic N) is 4. The van der Waals surface area contributed by atoms with Crippen molar-refractivity contribution in [3.05, 3.63) is 216 Å². The van der Waals surface area contributed by atoms with Gasteiger partial charge >= 0.3 is 0 Å². The first-order chi connectivity index (χ1) is 29.0. The minimum atomic E-state index is -0.173. The predicted molar refractivity (Wildman–Crippen MR) is 251 cm³/mol. The highest BCUT2D eigenvalue weighted by Crippen LogP contribution is 2.54. The van der Waals surface area contributed by atoms with Gasteiger partial charge in [-0.05, 0) is 81.9 Å². The van der Waals surface area contributed by atoms with E-state index in [0.717, 1.165) is 56.6 Å². The van der Waals surface area contributed by atoms with Crippen LogP contribution in [-0.4, -0.2) is 0 Å². The Hall–Kier alpha value is -7.26. The number of anilines is 8. The van der Waals surface area contributed by atoms with Crippen LogP contribution in [0, 0.1) is 0 Å². The average Bonchev–Trinajstić information content (AvgIpc) is 3.27. The smallest absolute Gasteiger partial charge is 0.0809 e. The molecule has 2 aliphatic rings. The Labute approximate surface area is 352 Å². The molecule has 8 nitrogen and oxygen atoms in total. The third-order valence-corrected chi connectivity index (χ3v) is 12.2. The summed E-state index contributed by atoms with van der Waals surface area (Å²) in [4.78, 5) is 4.59. The Morgan fingerprint density at radius 3 is 0.933 bits per heavy atom. The fourth-order valence-corrected chi connectivity index (χ4v) is 9.04. The molecule has 0 saturated heterocycles. The zero-order valence-electron chi connectivity index (χ0n) is 34.4. The Bertz CT molecular complexity index is 2510. The van der Waals surface area contributed by atoms with E-state index in [1.807, 2.05) is 60.7 Å². The number of hydrogen-bond acceptors (Lipinski definition) is 8. The van der Waals surface area contributed by atoms with E-state index in [1.54, 1.807) is 22.4 Å². The number of hydrazine groups is 2. The molecule has 0 saturated carbocycles. The molecule has 0 spiro atoms. The molecule has 8 N–H and O–H groups in total. The molecule has 2 heterocycles. The molecular formula is C52H50N8. The van der Waals surface area contributed by atoms with Crippen LogP contribution < -0.4 is 43.0 Å². The van der Waals surface area contributed by atoms with Crippen molar-refractivity contribution in [2.75, 3.05) is 19.8 Å². The van der Waals surface area contributed by atoms with Gasteiger partial charge in [0.1, 0.15) is 0 Å². The van der Waals surface area contributed by atoms with Crippen molar-refractivity contribution in [2.45, 2.75) is 38.5 Å². The maximum Gasteiger partial charge on any atom is 0.0809 e. The number of fused-ring (bicyclic) bond motifs is 4. The van der Waals surface area contributed by atoms with Crippen LogP contribution in [0.5, 0.6) is 0 Å². The second kappa shape index (κ2) is 14.8. The standard InChI is InChI=1S/C52H50N8/c1-51(2)37-17-5-9-21-43(37)59(44-22-10-6-18-38(44)51)49-27-15-13-25-47(49)57(55)33-41(53)35-29-31-36(32-30-35)42(54)34-58(56)48-26-14-16-28-50(48)60-45-23-11-7-19-39(45)52(3,4)40-20-8-12-24-46(40)60/h5-34H,53-56H2,1-4H3/b41-33-,42-34-. The summed E-state index contributed by atoms with van der Waals surface area (Å²) in [5, 5.41) is 3.20. The third kappa shape index (κ3) is 6.34. The number of nitrogens with two attached hydrogens (primary N) is 4. The largest absolute Gasteiger partial charge is 0.397 e. The number of benzene rings is 7. The van der Waals surface area contributed by atoms with Crippen molar-refractivity contribution in [1.29, 1.82) is 0 Å². The molecule has 0 fully saturated rings.